The molecule has 0 N–H and O–H groups in total. The fourth-order valence-electron chi connectivity index (χ4n) is 2.65. The van der Waals surface area contributed by atoms with E-state index in [1.54, 1.807) is 16.7 Å². The first-order valence-electron chi connectivity index (χ1n) is 8.16. The molecule has 3 rings (SSSR count). The second-order valence-corrected chi connectivity index (χ2v) is 6.79. The number of fused-ring (bicyclic) bond motifs is 1. The van der Waals surface area contributed by atoms with Crippen LogP contribution in [0.4, 0.5) is 0 Å². The summed E-state index contributed by atoms with van der Waals surface area (Å²) in [6, 6.07) is 17.9. The molecule has 0 aliphatic heterocycles. The van der Waals surface area contributed by atoms with Crippen molar-refractivity contribution in [1.82, 2.24) is 14.5 Å². The molecule has 0 aliphatic carbocycles. The van der Waals surface area contributed by atoms with Gasteiger partial charge in [-0.25, -0.2) is 4.98 Å². The fourth-order valence-corrected chi connectivity index (χ4v) is 3.40. The number of aromatic nitrogens is 2. The lowest BCUT2D eigenvalue weighted by molar-refractivity contribution is -0.131. The molecule has 0 bridgehead atoms. The molecular formula is C20H21N3OS. The van der Waals surface area contributed by atoms with Gasteiger partial charge >= 0.3 is 0 Å². The molecule has 1 amide bonds. The highest BCUT2D eigenvalue weighted by Crippen LogP contribution is 2.24. The summed E-state index contributed by atoms with van der Waals surface area (Å²) >= 11 is 1.59. The third-order valence-corrected chi connectivity index (χ3v) is 4.90. The minimum absolute atomic E-state index is 0.0625. The Balaban J connectivity index is 1.80. The number of carbonyl (C=O) groups is 1. The molecule has 0 atom stereocenters. The molecule has 1 heterocycles. The number of hydrogen-bond acceptors (Lipinski definition) is 3. The smallest absolute Gasteiger partial charge is 0.242 e. The van der Waals surface area contributed by atoms with Crippen molar-refractivity contribution in [2.75, 3.05) is 12.8 Å². The highest BCUT2D eigenvalue weighted by molar-refractivity contribution is 7.99. The highest BCUT2D eigenvalue weighted by atomic mass is 32.2. The van der Waals surface area contributed by atoms with E-state index in [1.165, 1.54) is 0 Å². The summed E-state index contributed by atoms with van der Waals surface area (Å²) in [7, 11) is 1.84. The Morgan fingerprint density at radius 3 is 2.68 bits per heavy atom. The number of rotatable bonds is 7. The predicted octanol–water partition coefficient (Wildman–Crippen LogP) is 3.97. The van der Waals surface area contributed by atoms with Crippen LogP contribution in [-0.4, -0.2) is 33.2 Å². The number of imidazole rings is 1. The van der Waals surface area contributed by atoms with Crippen molar-refractivity contribution < 1.29 is 4.79 Å². The molecule has 0 radical (unpaired) electrons. The second-order valence-electron chi connectivity index (χ2n) is 5.80. The van der Waals surface area contributed by atoms with Crippen LogP contribution in [0, 0.1) is 0 Å². The van der Waals surface area contributed by atoms with Crippen molar-refractivity contribution >= 4 is 28.7 Å². The lowest BCUT2D eigenvalue weighted by Crippen LogP contribution is -2.30. The number of amides is 1. The Kier molecular flexibility index (Phi) is 5.56. The first kappa shape index (κ1) is 17.3. The van der Waals surface area contributed by atoms with Gasteiger partial charge in [0.25, 0.3) is 0 Å². The normalized spacial score (nSPS) is 10.8. The molecule has 1 aromatic heterocycles. The third-order valence-electron chi connectivity index (χ3n) is 3.93. The van der Waals surface area contributed by atoms with Crippen molar-refractivity contribution in [1.29, 1.82) is 0 Å². The van der Waals surface area contributed by atoms with E-state index in [-0.39, 0.29) is 12.5 Å². The number of likely N-dealkylation sites (N-methyl/N-ethyl adjacent to an activating group) is 1. The molecule has 0 unspecified atom stereocenters. The van der Waals surface area contributed by atoms with Crippen molar-refractivity contribution in [3.63, 3.8) is 0 Å². The maximum absolute atomic E-state index is 12.7. The van der Waals surface area contributed by atoms with E-state index in [0.29, 0.717) is 6.54 Å². The van der Waals surface area contributed by atoms with Gasteiger partial charge in [-0.1, -0.05) is 60.3 Å². The zero-order valence-corrected chi connectivity index (χ0v) is 15.1. The van der Waals surface area contributed by atoms with Crippen molar-refractivity contribution in [2.24, 2.45) is 0 Å². The Hall–Kier alpha value is -2.53. The summed E-state index contributed by atoms with van der Waals surface area (Å²) in [6.07, 6.45) is 1.84. The molecule has 0 fully saturated rings. The van der Waals surface area contributed by atoms with Gasteiger partial charge in [0.05, 0.1) is 11.0 Å². The number of thioether (sulfide) groups is 1. The Bertz CT molecular complexity index is 873. The van der Waals surface area contributed by atoms with Gasteiger partial charge in [0.15, 0.2) is 5.16 Å². The van der Waals surface area contributed by atoms with E-state index >= 15 is 0 Å². The van der Waals surface area contributed by atoms with E-state index in [2.05, 4.69) is 11.6 Å². The monoisotopic (exact) mass is 351 g/mol. The maximum Gasteiger partial charge on any atom is 0.242 e. The summed E-state index contributed by atoms with van der Waals surface area (Å²) < 4.78 is 1.99. The zero-order valence-electron chi connectivity index (χ0n) is 14.3. The van der Waals surface area contributed by atoms with Crippen molar-refractivity contribution in [3.05, 3.63) is 72.8 Å². The van der Waals surface area contributed by atoms with Crippen LogP contribution in [0.2, 0.25) is 0 Å². The van der Waals surface area contributed by atoms with Crippen LogP contribution in [-0.2, 0) is 17.9 Å². The highest BCUT2D eigenvalue weighted by Gasteiger charge is 2.16. The van der Waals surface area contributed by atoms with E-state index in [1.807, 2.05) is 72.3 Å². The van der Waals surface area contributed by atoms with Crippen molar-refractivity contribution in [3.8, 4) is 0 Å². The van der Waals surface area contributed by atoms with Crippen LogP contribution in [0.5, 0.6) is 0 Å². The van der Waals surface area contributed by atoms with Gasteiger partial charge in [-0.05, 0) is 17.7 Å². The molecule has 25 heavy (non-hydrogen) atoms. The Morgan fingerprint density at radius 1 is 1.20 bits per heavy atom. The van der Waals surface area contributed by atoms with Gasteiger partial charge in [0, 0.05) is 19.3 Å². The summed E-state index contributed by atoms with van der Waals surface area (Å²) in [5.41, 5.74) is 3.01. The van der Waals surface area contributed by atoms with Gasteiger partial charge in [-0.2, -0.15) is 0 Å². The second kappa shape index (κ2) is 8.03. The quantitative estimate of drug-likeness (QED) is 0.477. The average Bonchev–Trinajstić information content (AvgIpc) is 2.98. The van der Waals surface area contributed by atoms with E-state index < -0.39 is 0 Å². The molecular weight excluding hydrogens is 330 g/mol. The number of nitrogens with zero attached hydrogens (tertiary/aromatic N) is 3. The third kappa shape index (κ3) is 4.12. The lowest BCUT2D eigenvalue weighted by Gasteiger charge is -2.18. The number of para-hydroxylation sites is 2. The molecule has 0 saturated carbocycles. The molecule has 0 spiro atoms. The number of benzene rings is 2. The molecule has 5 heteroatoms. The summed E-state index contributed by atoms with van der Waals surface area (Å²) in [6.45, 7) is 4.64. The predicted molar refractivity (Wildman–Crippen MR) is 104 cm³/mol. The van der Waals surface area contributed by atoms with E-state index in [4.69, 9.17) is 0 Å². The Morgan fingerprint density at radius 2 is 1.92 bits per heavy atom. The van der Waals surface area contributed by atoms with Crippen LogP contribution < -0.4 is 0 Å². The number of carbonyl (C=O) groups excluding carboxylic acids is 1. The lowest BCUT2D eigenvalue weighted by atomic mass is 10.2. The first-order valence-corrected chi connectivity index (χ1v) is 9.14. The maximum atomic E-state index is 12.7. The standard InChI is InChI=1S/C20H21N3OS/c1-3-13-25-20-21-17-11-7-8-12-18(17)23(20)15-19(24)22(2)14-16-9-5-4-6-10-16/h3-12H,1,13-15H2,2H3. The van der Waals surface area contributed by atoms with Crippen LogP contribution in [0.15, 0.2) is 72.4 Å². The zero-order chi connectivity index (χ0) is 17.6. The summed E-state index contributed by atoms with van der Waals surface area (Å²) in [5, 5.41) is 0.850. The molecule has 4 nitrogen and oxygen atoms in total. The molecule has 0 aliphatic rings. The fraction of sp³-hybridized carbons (Fsp3) is 0.200. The van der Waals surface area contributed by atoms with Gasteiger partial charge in [0.2, 0.25) is 5.91 Å². The van der Waals surface area contributed by atoms with Gasteiger partial charge in [-0.15, -0.1) is 6.58 Å². The largest absolute Gasteiger partial charge is 0.340 e. The Labute approximate surface area is 152 Å². The minimum atomic E-state index is 0.0625. The first-order chi connectivity index (χ1) is 12.2. The summed E-state index contributed by atoms with van der Waals surface area (Å²) in [5.74, 6) is 0.824. The van der Waals surface area contributed by atoms with Crippen LogP contribution in [0.1, 0.15) is 5.56 Å². The average molecular weight is 351 g/mol. The molecule has 0 saturated heterocycles. The topological polar surface area (TPSA) is 38.1 Å². The van der Waals surface area contributed by atoms with Gasteiger partial charge < -0.3 is 9.47 Å². The van der Waals surface area contributed by atoms with Gasteiger partial charge in [0.1, 0.15) is 6.54 Å². The van der Waals surface area contributed by atoms with Crippen molar-refractivity contribution in [2.45, 2.75) is 18.2 Å². The van der Waals surface area contributed by atoms with Crippen LogP contribution in [0.25, 0.3) is 11.0 Å². The number of hydrogen-bond donors (Lipinski definition) is 0. The minimum Gasteiger partial charge on any atom is -0.340 e. The molecule has 2 aromatic carbocycles. The SMILES string of the molecule is C=CCSc1nc2ccccc2n1CC(=O)N(C)Cc1ccccc1. The van der Waals surface area contributed by atoms with Crippen LogP contribution in [0.3, 0.4) is 0 Å². The molecule has 3 aromatic rings. The van der Waals surface area contributed by atoms with E-state index in [9.17, 15) is 4.79 Å². The molecule has 128 valence electrons. The van der Waals surface area contributed by atoms with Crippen LogP contribution >= 0.6 is 11.8 Å². The van der Waals surface area contributed by atoms with Gasteiger partial charge in [-0.3, -0.25) is 4.79 Å². The summed E-state index contributed by atoms with van der Waals surface area (Å²) in [4.78, 5) is 19.1. The van der Waals surface area contributed by atoms with E-state index in [0.717, 1.165) is 27.5 Å².